The highest BCUT2D eigenvalue weighted by molar-refractivity contribution is 6.16. The quantitative estimate of drug-likeness (QED) is 0.641. The van der Waals surface area contributed by atoms with Gasteiger partial charge in [0.05, 0.1) is 6.54 Å². The Kier molecular flexibility index (Phi) is 4.12. The summed E-state index contributed by atoms with van der Waals surface area (Å²) in [5.41, 5.74) is 0.850. The Morgan fingerprint density at radius 3 is 2.29 bits per heavy atom. The minimum atomic E-state index is -0.744. The molecule has 0 spiro atoms. The van der Waals surface area contributed by atoms with Gasteiger partial charge in [0.2, 0.25) is 0 Å². The van der Waals surface area contributed by atoms with Gasteiger partial charge in [-0.15, -0.1) is 0 Å². The highest BCUT2D eigenvalue weighted by atomic mass is 19.1. The summed E-state index contributed by atoms with van der Waals surface area (Å²) in [5.74, 6) is -1.19. The van der Waals surface area contributed by atoms with E-state index in [4.69, 9.17) is 0 Å². The van der Waals surface area contributed by atoms with Gasteiger partial charge < -0.3 is 0 Å². The first-order chi connectivity index (χ1) is 11.5. The average molecular weight is 326 g/mol. The third kappa shape index (κ3) is 2.78. The highest BCUT2D eigenvalue weighted by Crippen LogP contribution is 2.26. The number of nitrogens with zero attached hydrogens (tertiary/aromatic N) is 2. The number of anilines is 1. The number of ketones is 1. The van der Waals surface area contributed by atoms with E-state index in [1.807, 2.05) is 0 Å². The van der Waals surface area contributed by atoms with Gasteiger partial charge in [-0.25, -0.2) is 9.18 Å². The van der Waals surface area contributed by atoms with Crippen LogP contribution in [0.2, 0.25) is 0 Å². The summed E-state index contributed by atoms with van der Waals surface area (Å²) >= 11 is 0. The molecule has 1 saturated heterocycles. The first kappa shape index (κ1) is 15.9. The second-order valence-electron chi connectivity index (χ2n) is 5.52. The fourth-order valence-electron chi connectivity index (χ4n) is 2.67. The summed E-state index contributed by atoms with van der Waals surface area (Å²) in [6.45, 7) is 1.26. The lowest BCUT2D eigenvalue weighted by Crippen LogP contribution is -2.37. The van der Waals surface area contributed by atoms with Crippen molar-refractivity contribution in [1.29, 1.82) is 0 Å². The van der Waals surface area contributed by atoms with Crippen LogP contribution in [0.4, 0.5) is 14.9 Å². The summed E-state index contributed by atoms with van der Waals surface area (Å²) in [7, 11) is 0. The Morgan fingerprint density at radius 1 is 1.04 bits per heavy atom. The summed E-state index contributed by atoms with van der Waals surface area (Å²) in [5, 5.41) is 0. The van der Waals surface area contributed by atoms with Gasteiger partial charge in [0, 0.05) is 11.3 Å². The average Bonchev–Trinajstić information content (AvgIpc) is 2.80. The van der Waals surface area contributed by atoms with E-state index in [0.29, 0.717) is 11.3 Å². The van der Waals surface area contributed by atoms with Crippen molar-refractivity contribution in [1.82, 2.24) is 4.90 Å². The van der Waals surface area contributed by atoms with Crippen LogP contribution in [-0.2, 0) is 4.79 Å². The molecular formula is C18H15FN2O3. The van der Waals surface area contributed by atoms with Gasteiger partial charge in [-0.05, 0) is 31.2 Å². The monoisotopic (exact) mass is 326 g/mol. The largest absolute Gasteiger partial charge is 0.332 e. The van der Waals surface area contributed by atoms with Gasteiger partial charge in [-0.3, -0.25) is 19.4 Å². The molecule has 1 unspecified atom stereocenters. The molecule has 0 radical (unpaired) electrons. The van der Waals surface area contributed by atoms with Crippen LogP contribution in [0.5, 0.6) is 0 Å². The molecule has 1 heterocycles. The Balaban J connectivity index is 1.83. The normalized spacial score (nSPS) is 17.5. The number of urea groups is 1. The van der Waals surface area contributed by atoms with E-state index < -0.39 is 23.8 Å². The molecule has 2 aromatic rings. The summed E-state index contributed by atoms with van der Waals surface area (Å²) in [6, 6.07) is 12.5. The van der Waals surface area contributed by atoms with Crippen molar-refractivity contribution >= 4 is 23.4 Å². The predicted octanol–water partition coefficient (Wildman–Crippen LogP) is 2.87. The lowest BCUT2D eigenvalue weighted by Gasteiger charge is -2.19. The third-order valence-corrected chi connectivity index (χ3v) is 3.95. The van der Waals surface area contributed by atoms with Crippen LogP contribution in [0.25, 0.3) is 0 Å². The molecular weight excluding hydrogens is 311 g/mol. The standard InChI is InChI=1S/C18H15FN2O3/c1-12-17(23)20(11-16(22)13-5-3-2-4-6-13)18(24)21(12)15-9-7-14(19)8-10-15/h2-10,12H,11H2,1H3. The molecule has 0 aliphatic carbocycles. The van der Waals surface area contributed by atoms with E-state index in [1.54, 1.807) is 37.3 Å². The number of Topliss-reactive ketones (excluding diaryl/α,β-unsaturated/α-hetero) is 1. The number of halogens is 1. The second-order valence-corrected chi connectivity index (χ2v) is 5.52. The first-order valence-corrected chi connectivity index (χ1v) is 7.47. The Labute approximate surface area is 138 Å². The van der Waals surface area contributed by atoms with Crippen LogP contribution in [-0.4, -0.2) is 35.2 Å². The summed E-state index contributed by atoms with van der Waals surface area (Å²) in [4.78, 5) is 39.4. The predicted molar refractivity (Wildman–Crippen MR) is 86.2 cm³/mol. The van der Waals surface area contributed by atoms with Gasteiger partial charge in [-0.2, -0.15) is 0 Å². The Morgan fingerprint density at radius 2 is 1.67 bits per heavy atom. The van der Waals surface area contributed by atoms with Gasteiger partial charge in [0.15, 0.2) is 5.78 Å². The molecule has 0 bridgehead atoms. The summed E-state index contributed by atoms with van der Waals surface area (Å²) < 4.78 is 13.1. The molecule has 0 aromatic heterocycles. The lowest BCUT2D eigenvalue weighted by molar-refractivity contribution is -0.126. The molecule has 1 aliphatic rings. The molecule has 1 fully saturated rings. The van der Waals surface area contributed by atoms with Crippen molar-refractivity contribution < 1.29 is 18.8 Å². The maximum atomic E-state index is 13.1. The van der Waals surface area contributed by atoms with Crippen molar-refractivity contribution in [3.63, 3.8) is 0 Å². The van der Waals surface area contributed by atoms with Crippen LogP contribution < -0.4 is 4.90 Å². The lowest BCUT2D eigenvalue weighted by atomic mass is 10.1. The zero-order valence-electron chi connectivity index (χ0n) is 13.0. The molecule has 3 amide bonds. The zero-order valence-corrected chi connectivity index (χ0v) is 13.0. The van der Waals surface area contributed by atoms with Crippen LogP contribution in [0.1, 0.15) is 17.3 Å². The van der Waals surface area contributed by atoms with Crippen molar-refractivity contribution in [2.75, 3.05) is 11.4 Å². The van der Waals surface area contributed by atoms with E-state index >= 15 is 0 Å². The van der Waals surface area contributed by atoms with Gasteiger partial charge in [0.1, 0.15) is 11.9 Å². The molecule has 2 aromatic carbocycles. The number of benzene rings is 2. The Bertz CT molecular complexity index is 790. The zero-order chi connectivity index (χ0) is 17.3. The number of carbonyl (C=O) groups is 3. The fraction of sp³-hybridized carbons (Fsp3) is 0.167. The third-order valence-electron chi connectivity index (χ3n) is 3.95. The minimum Gasteiger partial charge on any atom is -0.292 e. The van der Waals surface area contributed by atoms with Crippen LogP contribution >= 0.6 is 0 Å². The van der Waals surface area contributed by atoms with Crippen molar-refractivity contribution in [2.45, 2.75) is 13.0 Å². The van der Waals surface area contributed by atoms with E-state index in [1.165, 1.54) is 29.2 Å². The molecule has 1 atom stereocenters. The maximum absolute atomic E-state index is 13.1. The topological polar surface area (TPSA) is 57.7 Å². The number of amides is 3. The van der Waals surface area contributed by atoms with Crippen LogP contribution in [0.15, 0.2) is 54.6 Å². The number of hydrogen-bond donors (Lipinski definition) is 0. The number of rotatable bonds is 4. The molecule has 1 aliphatic heterocycles. The van der Waals surface area contributed by atoms with E-state index in [2.05, 4.69) is 0 Å². The molecule has 0 N–H and O–H groups in total. The first-order valence-electron chi connectivity index (χ1n) is 7.47. The molecule has 3 rings (SSSR count). The van der Waals surface area contributed by atoms with Crippen molar-refractivity contribution in [3.8, 4) is 0 Å². The Hall–Kier alpha value is -3.02. The number of imide groups is 1. The van der Waals surface area contributed by atoms with Crippen molar-refractivity contribution in [3.05, 3.63) is 66.0 Å². The summed E-state index contributed by atoms with van der Waals surface area (Å²) in [6.07, 6.45) is 0. The van der Waals surface area contributed by atoms with Crippen LogP contribution in [0.3, 0.4) is 0 Å². The number of hydrogen-bond acceptors (Lipinski definition) is 3. The fourth-order valence-corrected chi connectivity index (χ4v) is 2.67. The van der Waals surface area contributed by atoms with Gasteiger partial charge in [0.25, 0.3) is 5.91 Å². The SMILES string of the molecule is CC1C(=O)N(CC(=O)c2ccccc2)C(=O)N1c1ccc(F)cc1. The molecule has 0 saturated carbocycles. The number of carbonyl (C=O) groups excluding carboxylic acids is 3. The molecule has 122 valence electrons. The maximum Gasteiger partial charge on any atom is 0.332 e. The second kappa shape index (κ2) is 6.23. The van der Waals surface area contributed by atoms with E-state index in [0.717, 1.165) is 4.90 Å². The smallest absolute Gasteiger partial charge is 0.292 e. The van der Waals surface area contributed by atoms with Gasteiger partial charge in [-0.1, -0.05) is 30.3 Å². The van der Waals surface area contributed by atoms with E-state index in [9.17, 15) is 18.8 Å². The highest BCUT2D eigenvalue weighted by Gasteiger charge is 2.44. The molecule has 5 nitrogen and oxygen atoms in total. The minimum absolute atomic E-state index is 0.314. The molecule has 24 heavy (non-hydrogen) atoms. The van der Waals surface area contributed by atoms with Crippen LogP contribution in [0, 0.1) is 5.82 Å². The van der Waals surface area contributed by atoms with Crippen molar-refractivity contribution in [2.24, 2.45) is 0 Å². The van der Waals surface area contributed by atoms with E-state index in [-0.39, 0.29) is 12.3 Å². The van der Waals surface area contributed by atoms with Gasteiger partial charge >= 0.3 is 6.03 Å². The molecule has 6 heteroatoms.